The van der Waals surface area contributed by atoms with E-state index in [4.69, 9.17) is 16.1 Å². The predicted octanol–water partition coefficient (Wildman–Crippen LogP) is 3.41. The van der Waals surface area contributed by atoms with Crippen LogP contribution in [0.15, 0.2) is 53.1 Å². The van der Waals surface area contributed by atoms with Crippen LogP contribution in [0.3, 0.4) is 0 Å². The lowest BCUT2D eigenvalue weighted by molar-refractivity contribution is 0.0615. The molecule has 8 heteroatoms. The van der Waals surface area contributed by atoms with E-state index in [2.05, 4.69) is 15.0 Å². The van der Waals surface area contributed by atoms with Crippen molar-refractivity contribution in [2.24, 2.45) is 0 Å². The van der Waals surface area contributed by atoms with Crippen LogP contribution in [0.4, 0.5) is 4.39 Å². The molecule has 0 atom stereocenters. The van der Waals surface area contributed by atoms with Crippen molar-refractivity contribution in [2.75, 3.05) is 26.2 Å². The predicted molar refractivity (Wildman–Crippen MR) is 106 cm³/mol. The number of rotatable bonds is 5. The average molecular weight is 415 g/mol. The van der Waals surface area contributed by atoms with E-state index in [0.29, 0.717) is 56.4 Å². The fourth-order valence-electron chi connectivity index (χ4n) is 3.34. The van der Waals surface area contributed by atoms with Gasteiger partial charge in [0.15, 0.2) is 5.82 Å². The summed E-state index contributed by atoms with van der Waals surface area (Å²) in [5.41, 5.74) is 1.45. The van der Waals surface area contributed by atoms with Gasteiger partial charge in [-0.25, -0.2) is 4.39 Å². The Morgan fingerprint density at radius 3 is 2.59 bits per heavy atom. The summed E-state index contributed by atoms with van der Waals surface area (Å²) in [4.78, 5) is 21.0. The summed E-state index contributed by atoms with van der Waals surface area (Å²) in [5.74, 6) is 0.586. The molecule has 0 spiro atoms. The Morgan fingerprint density at radius 1 is 1.10 bits per heavy atom. The SMILES string of the molecule is O=C(c1ccc(F)cc1Cl)N1CCN(Cc2nc(Cc3ccccc3)no2)CC1. The van der Waals surface area contributed by atoms with Crippen molar-refractivity contribution in [2.45, 2.75) is 13.0 Å². The lowest BCUT2D eigenvalue weighted by atomic mass is 10.1. The number of benzene rings is 2. The first-order valence-corrected chi connectivity index (χ1v) is 9.78. The van der Waals surface area contributed by atoms with E-state index in [0.717, 1.165) is 11.6 Å². The normalized spacial score (nSPS) is 14.9. The second kappa shape index (κ2) is 8.71. The van der Waals surface area contributed by atoms with E-state index >= 15 is 0 Å². The van der Waals surface area contributed by atoms with E-state index in [1.165, 1.54) is 12.1 Å². The zero-order valence-electron chi connectivity index (χ0n) is 15.7. The third-order valence-electron chi connectivity index (χ3n) is 4.90. The Kier molecular flexibility index (Phi) is 5.87. The van der Waals surface area contributed by atoms with Gasteiger partial charge >= 0.3 is 0 Å². The minimum absolute atomic E-state index is 0.134. The summed E-state index contributed by atoms with van der Waals surface area (Å²) in [6.07, 6.45) is 0.630. The highest BCUT2D eigenvalue weighted by molar-refractivity contribution is 6.33. The smallest absolute Gasteiger partial charge is 0.255 e. The molecule has 1 aliphatic heterocycles. The van der Waals surface area contributed by atoms with E-state index in [1.807, 2.05) is 30.3 Å². The monoisotopic (exact) mass is 414 g/mol. The number of hydrogen-bond acceptors (Lipinski definition) is 5. The molecule has 1 fully saturated rings. The maximum absolute atomic E-state index is 13.2. The van der Waals surface area contributed by atoms with E-state index < -0.39 is 5.82 Å². The minimum Gasteiger partial charge on any atom is -0.338 e. The van der Waals surface area contributed by atoms with Crippen LogP contribution in [0.2, 0.25) is 5.02 Å². The number of hydrogen-bond donors (Lipinski definition) is 0. The third kappa shape index (κ3) is 4.81. The van der Waals surface area contributed by atoms with Gasteiger partial charge in [-0.05, 0) is 23.8 Å². The highest BCUT2D eigenvalue weighted by Gasteiger charge is 2.24. The molecule has 0 aliphatic carbocycles. The second-order valence-electron chi connectivity index (χ2n) is 6.96. The number of carbonyl (C=O) groups excluding carboxylic acids is 1. The number of piperazine rings is 1. The molecule has 2 heterocycles. The fraction of sp³-hybridized carbons (Fsp3) is 0.286. The number of aromatic nitrogens is 2. The standard InChI is InChI=1S/C21H20ClFN4O2/c22-18-13-16(23)6-7-17(18)21(28)27-10-8-26(9-11-27)14-20-24-19(25-29-20)12-15-4-2-1-3-5-15/h1-7,13H,8-12,14H2. The summed E-state index contributed by atoms with van der Waals surface area (Å²) in [6.45, 7) is 3.01. The van der Waals surface area contributed by atoms with Gasteiger partial charge in [-0.2, -0.15) is 4.98 Å². The van der Waals surface area contributed by atoms with Crippen molar-refractivity contribution >= 4 is 17.5 Å². The first kappa shape index (κ1) is 19.5. The van der Waals surface area contributed by atoms with Gasteiger partial charge in [-0.3, -0.25) is 9.69 Å². The van der Waals surface area contributed by atoms with Gasteiger partial charge in [0.05, 0.1) is 17.1 Å². The van der Waals surface area contributed by atoms with Gasteiger partial charge in [0, 0.05) is 32.6 Å². The molecule has 2 aromatic carbocycles. The molecular formula is C21H20ClFN4O2. The van der Waals surface area contributed by atoms with Crippen LogP contribution >= 0.6 is 11.6 Å². The molecule has 3 aromatic rings. The van der Waals surface area contributed by atoms with Crippen molar-refractivity contribution in [1.82, 2.24) is 19.9 Å². The quantitative estimate of drug-likeness (QED) is 0.640. The van der Waals surface area contributed by atoms with Crippen LogP contribution < -0.4 is 0 Å². The molecule has 0 saturated carbocycles. The lowest BCUT2D eigenvalue weighted by Gasteiger charge is -2.34. The first-order valence-electron chi connectivity index (χ1n) is 9.40. The van der Waals surface area contributed by atoms with Crippen molar-refractivity contribution in [3.05, 3.63) is 82.2 Å². The molecule has 0 radical (unpaired) electrons. The molecule has 1 aromatic heterocycles. The molecule has 4 rings (SSSR count). The number of halogens is 2. The van der Waals surface area contributed by atoms with Gasteiger partial charge in [0.2, 0.25) is 5.89 Å². The van der Waals surface area contributed by atoms with Crippen molar-refractivity contribution < 1.29 is 13.7 Å². The number of amides is 1. The van der Waals surface area contributed by atoms with Crippen LogP contribution in [0, 0.1) is 5.82 Å². The Labute approximate surface area is 172 Å². The minimum atomic E-state index is -0.456. The zero-order valence-corrected chi connectivity index (χ0v) is 16.5. The molecule has 6 nitrogen and oxygen atoms in total. The second-order valence-corrected chi connectivity index (χ2v) is 7.37. The molecule has 1 amide bonds. The maximum atomic E-state index is 13.2. The summed E-state index contributed by atoms with van der Waals surface area (Å²) in [7, 11) is 0. The van der Waals surface area contributed by atoms with Gasteiger partial charge < -0.3 is 9.42 Å². The van der Waals surface area contributed by atoms with Crippen molar-refractivity contribution in [3.8, 4) is 0 Å². The Hall–Kier alpha value is -2.77. The highest BCUT2D eigenvalue weighted by Crippen LogP contribution is 2.20. The van der Waals surface area contributed by atoms with Gasteiger partial charge in [-0.1, -0.05) is 47.1 Å². The van der Waals surface area contributed by atoms with Crippen LogP contribution in [0.25, 0.3) is 0 Å². The first-order chi connectivity index (χ1) is 14.1. The third-order valence-corrected chi connectivity index (χ3v) is 5.21. The Balaban J connectivity index is 1.30. The Bertz CT molecular complexity index is 987. The molecule has 29 heavy (non-hydrogen) atoms. The van der Waals surface area contributed by atoms with E-state index in [9.17, 15) is 9.18 Å². The molecule has 0 bridgehead atoms. The molecule has 1 aliphatic rings. The summed E-state index contributed by atoms with van der Waals surface area (Å²) < 4.78 is 18.6. The van der Waals surface area contributed by atoms with E-state index in [1.54, 1.807) is 4.90 Å². The molecule has 0 N–H and O–H groups in total. The largest absolute Gasteiger partial charge is 0.338 e. The van der Waals surface area contributed by atoms with Crippen LogP contribution in [-0.2, 0) is 13.0 Å². The van der Waals surface area contributed by atoms with Gasteiger partial charge in [0.25, 0.3) is 5.91 Å². The van der Waals surface area contributed by atoms with Crippen molar-refractivity contribution in [1.29, 1.82) is 0 Å². The van der Waals surface area contributed by atoms with Gasteiger partial charge in [-0.15, -0.1) is 0 Å². The zero-order chi connectivity index (χ0) is 20.2. The molecular weight excluding hydrogens is 395 g/mol. The average Bonchev–Trinajstić information content (AvgIpc) is 3.15. The molecule has 0 unspecified atom stereocenters. The highest BCUT2D eigenvalue weighted by atomic mass is 35.5. The summed E-state index contributed by atoms with van der Waals surface area (Å²) in [5, 5.41) is 4.19. The lowest BCUT2D eigenvalue weighted by Crippen LogP contribution is -2.48. The van der Waals surface area contributed by atoms with Crippen molar-refractivity contribution in [3.63, 3.8) is 0 Å². The molecule has 150 valence electrons. The van der Waals surface area contributed by atoms with Crippen LogP contribution in [0.1, 0.15) is 27.6 Å². The topological polar surface area (TPSA) is 62.5 Å². The van der Waals surface area contributed by atoms with Gasteiger partial charge in [0.1, 0.15) is 5.82 Å². The van der Waals surface area contributed by atoms with Crippen LogP contribution in [-0.4, -0.2) is 52.0 Å². The summed E-state index contributed by atoms with van der Waals surface area (Å²) in [6, 6.07) is 13.8. The Morgan fingerprint density at radius 2 is 1.86 bits per heavy atom. The number of carbonyl (C=O) groups is 1. The molecule has 1 saturated heterocycles. The van der Waals surface area contributed by atoms with E-state index in [-0.39, 0.29) is 10.9 Å². The number of nitrogens with zero attached hydrogens (tertiary/aromatic N) is 4. The maximum Gasteiger partial charge on any atom is 0.255 e. The van der Waals surface area contributed by atoms with Crippen LogP contribution in [0.5, 0.6) is 0 Å². The summed E-state index contributed by atoms with van der Waals surface area (Å²) >= 11 is 6.01. The fourth-order valence-corrected chi connectivity index (χ4v) is 3.59.